The van der Waals surface area contributed by atoms with Gasteiger partial charge in [-0.25, -0.2) is 9.18 Å². The van der Waals surface area contributed by atoms with Gasteiger partial charge in [0.1, 0.15) is 11.4 Å². The SMILES string of the molecule is CC(C)N(C)C(=O)c1cc(F)ccc1-n1cc(CC2CN(C(=O)OC(C)(C)C)C2)c2c(Cl)cncc21. The molecule has 0 atom stereocenters. The van der Waals surface area contributed by atoms with Gasteiger partial charge in [-0.3, -0.25) is 9.78 Å². The first kappa shape index (κ1) is 25.9. The molecule has 4 rings (SSSR count). The second-order valence-electron chi connectivity index (χ2n) is 10.7. The van der Waals surface area contributed by atoms with Gasteiger partial charge in [0.05, 0.1) is 28.0 Å². The lowest BCUT2D eigenvalue weighted by atomic mass is 9.92. The van der Waals surface area contributed by atoms with Crippen LogP contribution in [0.3, 0.4) is 0 Å². The predicted octanol–water partition coefficient (Wildman–Crippen LogP) is 5.71. The monoisotopic (exact) mass is 514 g/mol. The van der Waals surface area contributed by atoms with Crippen molar-refractivity contribution in [1.29, 1.82) is 0 Å². The number of halogens is 2. The predicted molar refractivity (Wildman–Crippen MR) is 138 cm³/mol. The van der Waals surface area contributed by atoms with Gasteiger partial charge < -0.3 is 19.1 Å². The summed E-state index contributed by atoms with van der Waals surface area (Å²) in [6.07, 6.45) is 5.60. The van der Waals surface area contributed by atoms with Crippen molar-refractivity contribution in [3.8, 4) is 5.69 Å². The van der Waals surface area contributed by atoms with E-state index in [1.54, 1.807) is 35.3 Å². The van der Waals surface area contributed by atoms with E-state index in [0.29, 0.717) is 30.2 Å². The Kier molecular flexibility index (Phi) is 7.01. The number of carbonyl (C=O) groups is 2. The molecule has 36 heavy (non-hydrogen) atoms. The van der Waals surface area contributed by atoms with Crippen LogP contribution in [0.4, 0.5) is 9.18 Å². The molecule has 1 aliphatic rings. The van der Waals surface area contributed by atoms with E-state index < -0.39 is 11.4 Å². The van der Waals surface area contributed by atoms with E-state index in [9.17, 15) is 14.0 Å². The number of rotatable bonds is 5. The molecule has 1 fully saturated rings. The van der Waals surface area contributed by atoms with Crippen LogP contribution in [0.25, 0.3) is 16.6 Å². The van der Waals surface area contributed by atoms with Crippen LogP contribution in [-0.2, 0) is 11.2 Å². The minimum Gasteiger partial charge on any atom is -0.444 e. The molecular formula is C27H32ClFN4O3. The van der Waals surface area contributed by atoms with Gasteiger partial charge in [-0.1, -0.05) is 11.6 Å². The van der Waals surface area contributed by atoms with Gasteiger partial charge in [0.2, 0.25) is 0 Å². The molecule has 0 spiro atoms. The van der Waals surface area contributed by atoms with Gasteiger partial charge in [-0.15, -0.1) is 0 Å². The summed E-state index contributed by atoms with van der Waals surface area (Å²) in [6.45, 7) is 10.5. The number of hydrogen-bond acceptors (Lipinski definition) is 4. The van der Waals surface area contributed by atoms with Crippen LogP contribution >= 0.6 is 11.6 Å². The number of amides is 2. The average molecular weight is 515 g/mol. The van der Waals surface area contributed by atoms with Gasteiger partial charge in [0.25, 0.3) is 5.91 Å². The van der Waals surface area contributed by atoms with E-state index in [4.69, 9.17) is 16.3 Å². The van der Waals surface area contributed by atoms with Crippen molar-refractivity contribution >= 4 is 34.5 Å². The molecule has 3 heterocycles. The van der Waals surface area contributed by atoms with Crippen molar-refractivity contribution in [2.24, 2.45) is 5.92 Å². The van der Waals surface area contributed by atoms with E-state index in [1.165, 1.54) is 12.1 Å². The molecule has 2 amide bonds. The summed E-state index contributed by atoms with van der Waals surface area (Å²) >= 11 is 6.58. The third kappa shape index (κ3) is 5.19. The fraction of sp³-hybridized carbons (Fsp3) is 0.444. The first-order chi connectivity index (χ1) is 16.9. The standard InChI is InChI=1S/C27H32ClFN4O3/c1-16(2)31(6)25(34)20-10-19(29)7-8-22(20)33-15-18(24-21(28)11-30-12-23(24)33)9-17-13-32(14-17)26(35)36-27(3,4)5/h7-8,10-12,15-17H,9,13-14H2,1-6H3. The smallest absolute Gasteiger partial charge is 0.410 e. The molecular weight excluding hydrogens is 483 g/mol. The molecule has 1 aliphatic heterocycles. The van der Waals surface area contributed by atoms with Crippen LogP contribution < -0.4 is 0 Å². The fourth-order valence-electron chi connectivity index (χ4n) is 4.37. The highest BCUT2D eigenvalue weighted by Gasteiger charge is 2.34. The van der Waals surface area contributed by atoms with Crippen molar-refractivity contribution < 1.29 is 18.7 Å². The summed E-state index contributed by atoms with van der Waals surface area (Å²) in [6, 6.07) is 4.17. The maximum absolute atomic E-state index is 14.2. The normalized spacial score (nSPS) is 14.3. The van der Waals surface area contributed by atoms with Crippen LogP contribution in [0.5, 0.6) is 0 Å². The molecule has 2 aromatic heterocycles. The Morgan fingerprint density at radius 3 is 2.58 bits per heavy atom. The van der Waals surface area contributed by atoms with Crippen LogP contribution in [0.2, 0.25) is 5.02 Å². The lowest BCUT2D eigenvalue weighted by molar-refractivity contribution is -0.000845. The summed E-state index contributed by atoms with van der Waals surface area (Å²) in [7, 11) is 1.70. The van der Waals surface area contributed by atoms with Crippen molar-refractivity contribution in [3.63, 3.8) is 0 Å². The first-order valence-corrected chi connectivity index (χ1v) is 12.4. The Morgan fingerprint density at radius 1 is 1.25 bits per heavy atom. The first-order valence-electron chi connectivity index (χ1n) is 12.0. The number of aromatic nitrogens is 2. The third-order valence-electron chi connectivity index (χ3n) is 6.41. The Labute approximate surface area is 215 Å². The number of pyridine rings is 1. The van der Waals surface area contributed by atoms with E-state index in [2.05, 4.69) is 4.98 Å². The van der Waals surface area contributed by atoms with Crippen molar-refractivity contribution in [1.82, 2.24) is 19.4 Å². The fourth-order valence-corrected chi connectivity index (χ4v) is 4.64. The molecule has 3 aromatic rings. The number of fused-ring (bicyclic) bond motifs is 1. The number of nitrogens with zero attached hydrogens (tertiary/aromatic N) is 4. The van der Waals surface area contributed by atoms with Crippen LogP contribution in [0.15, 0.2) is 36.8 Å². The molecule has 0 aliphatic carbocycles. The minimum atomic E-state index is -0.538. The molecule has 0 radical (unpaired) electrons. The number of hydrogen-bond donors (Lipinski definition) is 0. The Morgan fingerprint density at radius 2 is 1.94 bits per heavy atom. The van der Waals surface area contributed by atoms with Crippen LogP contribution in [-0.4, -0.2) is 63.1 Å². The van der Waals surface area contributed by atoms with Gasteiger partial charge >= 0.3 is 6.09 Å². The summed E-state index contributed by atoms with van der Waals surface area (Å²) in [5, 5.41) is 1.33. The summed E-state index contributed by atoms with van der Waals surface area (Å²) < 4.78 is 21.6. The highest BCUT2D eigenvalue weighted by molar-refractivity contribution is 6.35. The quantitative estimate of drug-likeness (QED) is 0.437. The molecule has 1 aromatic carbocycles. The zero-order chi connectivity index (χ0) is 26.4. The van der Waals surface area contributed by atoms with Gasteiger partial charge in [-0.2, -0.15) is 0 Å². The van der Waals surface area contributed by atoms with E-state index in [1.807, 2.05) is 45.4 Å². The molecule has 0 unspecified atom stereocenters. The van der Waals surface area contributed by atoms with Gasteiger partial charge in [0, 0.05) is 44.0 Å². The van der Waals surface area contributed by atoms with Crippen LogP contribution in [0.1, 0.15) is 50.5 Å². The highest BCUT2D eigenvalue weighted by atomic mass is 35.5. The van der Waals surface area contributed by atoms with Gasteiger partial charge in [0.15, 0.2) is 0 Å². The molecule has 7 nitrogen and oxygen atoms in total. The average Bonchev–Trinajstić information content (AvgIpc) is 3.13. The third-order valence-corrected chi connectivity index (χ3v) is 6.69. The summed E-state index contributed by atoms with van der Waals surface area (Å²) in [5.74, 6) is -0.518. The molecule has 1 saturated heterocycles. The molecule has 0 bridgehead atoms. The Bertz CT molecular complexity index is 1310. The zero-order valence-electron chi connectivity index (χ0n) is 21.5. The minimum absolute atomic E-state index is 0.0479. The number of ether oxygens (including phenoxy) is 1. The second-order valence-corrected chi connectivity index (χ2v) is 11.1. The molecule has 0 N–H and O–H groups in total. The van der Waals surface area contributed by atoms with Crippen molar-refractivity contribution in [2.75, 3.05) is 20.1 Å². The van der Waals surface area contributed by atoms with Crippen molar-refractivity contribution in [2.45, 2.75) is 52.7 Å². The lowest BCUT2D eigenvalue weighted by Crippen LogP contribution is -2.52. The molecule has 9 heteroatoms. The summed E-state index contributed by atoms with van der Waals surface area (Å²) in [4.78, 5) is 33.1. The maximum Gasteiger partial charge on any atom is 0.410 e. The number of likely N-dealkylation sites (tertiary alicyclic amines) is 1. The van der Waals surface area contributed by atoms with Gasteiger partial charge in [-0.05, 0) is 70.7 Å². The van der Waals surface area contributed by atoms with Crippen molar-refractivity contribution in [3.05, 3.63) is 58.8 Å². The zero-order valence-corrected chi connectivity index (χ0v) is 22.3. The van der Waals surface area contributed by atoms with E-state index >= 15 is 0 Å². The maximum atomic E-state index is 14.2. The van der Waals surface area contributed by atoms with E-state index in [-0.39, 0.29) is 29.5 Å². The largest absolute Gasteiger partial charge is 0.444 e. The second kappa shape index (κ2) is 9.73. The summed E-state index contributed by atoms with van der Waals surface area (Å²) in [5.41, 5.74) is 1.98. The molecule has 0 saturated carbocycles. The lowest BCUT2D eigenvalue weighted by Gasteiger charge is -2.39. The van der Waals surface area contributed by atoms with Crippen LogP contribution in [0, 0.1) is 11.7 Å². The Hall–Kier alpha value is -3.13. The topological polar surface area (TPSA) is 67.7 Å². The number of benzene rings is 1. The number of carbonyl (C=O) groups excluding carboxylic acids is 2. The Balaban J connectivity index is 1.68. The highest BCUT2D eigenvalue weighted by Crippen LogP contribution is 2.34. The molecule has 192 valence electrons. The van der Waals surface area contributed by atoms with E-state index in [0.717, 1.165) is 16.5 Å².